The Morgan fingerprint density at radius 3 is 2.69 bits per heavy atom. The molecule has 0 aromatic carbocycles. The lowest BCUT2D eigenvalue weighted by atomic mass is 9.94. The minimum Gasteiger partial charge on any atom is -0.354 e. The molecule has 3 aliphatic rings. The number of piperidine rings is 1. The largest absolute Gasteiger partial charge is 0.417 e. The number of carbonyl (C=O) groups excluding carboxylic acids is 1. The van der Waals surface area contributed by atoms with Gasteiger partial charge in [-0.05, 0) is 25.0 Å². The summed E-state index contributed by atoms with van der Waals surface area (Å²) >= 11 is 1.49. The molecule has 1 amide bonds. The molecule has 2 aromatic rings. The van der Waals surface area contributed by atoms with Crippen LogP contribution in [0.1, 0.15) is 24.1 Å². The van der Waals surface area contributed by atoms with E-state index in [1.165, 1.54) is 17.4 Å². The maximum atomic E-state index is 12.8. The first kappa shape index (κ1) is 17.3. The molecule has 0 saturated carbocycles. The first-order chi connectivity index (χ1) is 12.4. The molecule has 3 fully saturated rings. The highest BCUT2D eigenvalue weighted by molar-refractivity contribution is 7.07. The number of fused-ring (bicyclic) bond motifs is 4. The van der Waals surface area contributed by atoms with Crippen LogP contribution in [0.3, 0.4) is 0 Å². The van der Waals surface area contributed by atoms with E-state index in [0.717, 1.165) is 30.8 Å². The summed E-state index contributed by atoms with van der Waals surface area (Å²) < 4.78 is 38.2. The molecule has 3 saturated heterocycles. The van der Waals surface area contributed by atoms with Crippen LogP contribution in [-0.4, -0.2) is 39.9 Å². The quantitative estimate of drug-likeness (QED) is 0.818. The summed E-state index contributed by atoms with van der Waals surface area (Å²) in [5.74, 6) is 0.429. The van der Waals surface area contributed by atoms with Crippen LogP contribution in [0.2, 0.25) is 0 Å². The highest BCUT2D eigenvalue weighted by Gasteiger charge is 2.41. The molecule has 2 aromatic heterocycles. The SMILES string of the molecule is O=C1[C@H]2CC[C@H](CN(c3ccc(C(F)(F)F)cn3)C2)N1Cc1cscn1. The molecule has 0 spiro atoms. The van der Waals surface area contributed by atoms with E-state index in [-0.39, 0.29) is 17.9 Å². The van der Waals surface area contributed by atoms with Gasteiger partial charge in [0.2, 0.25) is 5.91 Å². The number of rotatable bonds is 3. The summed E-state index contributed by atoms with van der Waals surface area (Å²) in [7, 11) is 0. The number of amides is 1. The van der Waals surface area contributed by atoms with Crippen LogP contribution in [0.25, 0.3) is 0 Å². The summed E-state index contributed by atoms with van der Waals surface area (Å²) in [6.07, 6.45) is -1.85. The molecule has 2 bridgehead atoms. The summed E-state index contributed by atoms with van der Waals surface area (Å²) in [5.41, 5.74) is 1.85. The van der Waals surface area contributed by atoms with E-state index in [1.807, 2.05) is 15.2 Å². The average molecular weight is 382 g/mol. The van der Waals surface area contributed by atoms with Crippen LogP contribution in [0.4, 0.5) is 19.0 Å². The van der Waals surface area contributed by atoms with Gasteiger partial charge in [-0.1, -0.05) is 0 Å². The van der Waals surface area contributed by atoms with Crippen molar-refractivity contribution < 1.29 is 18.0 Å². The molecule has 2 atom stereocenters. The van der Waals surface area contributed by atoms with Crippen molar-refractivity contribution in [3.05, 3.63) is 40.5 Å². The summed E-state index contributed by atoms with van der Waals surface area (Å²) in [5, 5.41) is 1.93. The predicted octanol–water partition coefficient (Wildman–Crippen LogP) is 3.18. The molecular weight excluding hydrogens is 365 g/mol. The number of anilines is 1. The highest BCUT2D eigenvalue weighted by Crippen LogP contribution is 2.33. The second-order valence-electron chi connectivity index (χ2n) is 6.68. The third kappa shape index (κ3) is 3.27. The fraction of sp³-hybridized carbons (Fsp3) is 0.471. The summed E-state index contributed by atoms with van der Waals surface area (Å²) in [4.78, 5) is 24.9. The van der Waals surface area contributed by atoms with Crippen LogP contribution in [0, 0.1) is 5.92 Å². The molecule has 0 N–H and O–H groups in total. The fourth-order valence-electron chi connectivity index (χ4n) is 3.67. The van der Waals surface area contributed by atoms with Gasteiger partial charge >= 0.3 is 6.18 Å². The lowest BCUT2D eigenvalue weighted by molar-refractivity contribution is -0.140. The van der Waals surface area contributed by atoms with Crippen molar-refractivity contribution in [2.45, 2.75) is 31.6 Å². The van der Waals surface area contributed by atoms with E-state index in [9.17, 15) is 18.0 Å². The van der Waals surface area contributed by atoms with Gasteiger partial charge < -0.3 is 9.80 Å². The second-order valence-corrected chi connectivity index (χ2v) is 7.40. The van der Waals surface area contributed by atoms with E-state index in [2.05, 4.69) is 9.97 Å². The van der Waals surface area contributed by atoms with Crippen LogP contribution in [0.5, 0.6) is 0 Å². The van der Waals surface area contributed by atoms with Gasteiger partial charge in [-0.25, -0.2) is 9.97 Å². The zero-order chi connectivity index (χ0) is 18.3. The number of alkyl halides is 3. The molecule has 3 aliphatic heterocycles. The van der Waals surface area contributed by atoms with Gasteiger partial charge in [0, 0.05) is 30.7 Å². The lowest BCUT2D eigenvalue weighted by Crippen LogP contribution is -2.47. The van der Waals surface area contributed by atoms with E-state index in [4.69, 9.17) is 0 Å². The monoisotopic (exact) mass is 382 g/mol. The van der Waals surface area contributed by atoms with Gasteiger partial charge in [0.25, 0.3) is 0 Å². The Bertz CT molecular complexity index is 778. The third-order valence-corrected chi connectivity index (χ3v) is 5.64. The third-order valence-electron chi connectivity index (χ3n) is 5.01. The predicted molar refractivity (Wildman–Crippen MR) is 90.6 cm³/mol. The Balaban J connectivity index is 1.55. The minimum absolute atomic E-state index is 0.0204. The minimum atomic E-state index is -4.40. The number of aromatic nitrogens is 2. The van der Waals surface area contributed by atoms with Crippen molar-refractivity contribution in [1.29, 1.82) is 0 Å². The van der Waals surface area contributed by atoms with Crippen molar-refractivity contribution in [2.75, 3.05) is 18.0 Å². The molecule has 9 heteroatoms. The van der Waals surface area contributed by atoms with Gasteiger partial charge in [0.15, 0.2) is 0 Å². The topological polar surface area (TPSA) is 49.3 Å². The van der Waals surface area contributed by atoms with Gasteiger partial charge in [-0.2, -0.15) is 13.2 Å². The molecule has 5 heterocycles. The molecule has 0 aliphatic carbocycles. The average Bonchev–Trinajstić information content (AvgIpc) is 2.97. The molecule has 0 radical (unpaired) electrons. The Labute approximate surface area is 152 Å². The normalized spacial score (nSPS) is 23.4. The van der Waals surface area contributed by atoms with E-state index in [1.54, 1.807) is 5.51 Å². The van der Waals surface area contributed by atoms with Crippen LogP contribution >= 0.6 is 11.3 Å². The highest BCUT2D eigenvalue weighted by atomic mass is 32.1. The summed E-state index contributed by atoms with van der Waals surface area (Å²) in [6, 6.07) is 2.46. The molecule has 138 valence electrons. The van der Waals surface area contributed by atoms with Crippen molar-refractivity contribution >= 4 is 23.1 Å². The van der Waals surface area contributed by atoms with Crippen molar-refractivity contribution in [3.63, 3.8) is 0 Å². The maximum absolute atomic E-state index is 12.8. The van der Waals surface area contributed by atoms with Gasteiger partial charge in [0.05, 0.1) is 29.2 Å². The number of hydrogen-bond acceptors (Lipinski definition) is 5. The number of halogens is 3. The van der Waals surface area contributed by atoms with Crippen molar-refractivity contribution in [3.8, 4) is 0 Å². The number of hydrogen-bond donors (Lipinski definition) is 0. The zero-order valence-corrected chi connectivity index (χ0v) is 14.6. The van der Waals surface area contributed by atoms with Crippen LogP contribution in [0.15, 0.2) is 29.2 Å². The number of nitrogens with zero attached hydrogens (tertiary/aromatic N) is 4. The lowest BCUT2D eigenvalue weighted by Gasteiger charge is -2.35. The Kier molecular flexibility index (Phi) is 4.34. The first-order valence-electron chi connectivity index (χ1n) is 8.37. The number of pyridine rings is 1. The van der Waals surface area contributed by atoms with Crippen molar-refractivity contribution in [2.24, 2.45) is 5.92 Å². The smallest absolute Gasteiger partial charge is 0.354 e. The van der Waals surface area contributed by atoms with E-state index in [0.29, 0.717) is 25.5 Å². The number of thiazole rings is 1. The zero-order valence-electron chi connectivity index (χ0n) is 13.8. The maximum Gasteiger partial charge on any atom is 0.417 e. The van der Waals surface area contributed by atoms with E-state index >= 15 is 0 Å². The van der Waals surface area contributed by atoms with Crippen LogP contribution in [-0.2, 0) is 17.5 Å². The van der Waals surface area contributed by atoms with Gasteiger partial charge in [-0.15, -0.1) is 11.3 Å². The molecule has 0 unspecified atom stereocenters. The second kappa shape index (κ2) is 6.53. The first-order valence-corrected chi connectivity index (χ1v) is 9.32. The fourth-order valence-corrected chi connectivity index (χ4v) is 4.22. The van der Waals surface area contributed by atoms with Crippen molar-refractivity contribution in [1.82, 2.24) is 14.9 Å². The Hall–Kier alpha value is -2.16. The van der Waals surface area contributed by atoms with Crippen LogP contribution < -0.4 is 4.90 Å². The van der Waals surface area contributed by atoms with Gasteiger partial charge in [-0.3, -0.25) is 4.79 Å². The summed E-state index contributed by atoms with van der Waals surface area (Å²) in [6.45, 7) is 1.55. The standard InChI is InChI=1S/C17H17F3N4OS/c18-17(19,20)12-2-4-15(21-5-12)23-6-11-1-3-14(8-23)24(16(11)25)7-13-9-26-10-22-13/h2,4-5,9-11,14H,1,3,6-8H2/t11-,14+/m0/s1. The van der Waals surface area contributed by atoms with Gasteiger partial charge in [0.1, 0.15) is 5.82 Å². The van der Waals surface area contributed by atoms with E-state index < -0.39 is 11.7 Å². The molecule has 26 heavy (non-hydrogen) atoms. The Morgan fingerprint density at radius 1 is 1.19 bits per heavy atom. The molecule has 5 rings (SSSR count). The number of carbonyl (C=O) groups is 1. The molecule has 5 nitrogen and oxygen atoms in total. The molecular formula is C17H17F3N4OS. The Morgan fingerprint density at radius 2 is 2.04 bits per heavy atom.